The van der Waals surface area contributed by atoms with Crippen molar-refractivity contribution in [1.82, 2.24) is 25.8 Å². The highest BCUT2D eigenvalue weighted by atomic mass is 16.3. The van der Waals surface area contributed by atoms with Crippen LogP contribution in [0.4, 0.5) is 0 Å². The number of amides is 5. The first-order valence-corrected chi connectivity index (χ1v) is 15.1. The zero-order valence-corrected chi connectivity index (χ0v) is 24.6. The van der Waals surface area contributed by atoms with Gasteiger partial charge in [0.05, 0.1) is 17.2 Å². The molecule has 0 radical (unpaired) electrons. The zero-order chi connectivity index (χ0) is 31.3. The molecule has 2 atom stereocenters. The molecule has 2 aliphatic rings. The van der Waals surface area contributed by atoms with E-state index in [0.717, 1.165) is 33.6 Å². The number of fused-ring (bicyclic) bond motifs is 2. The van der Waals surface area contributed by atoms with Gasteiger partial charge in [-0.15, -0.1) is 0 Å². The fourth-order valence-electron chi connectivity index (χ4n) is 5.95. The number of piperidine rings is 1. The van der Waals surface area contributed by atoms with E-state index in [0.29, 0.717) is 37.9 Å². The van der Waals surface area contributed by atoms with E-state index >= 15 is 0 Å². The first-order chi connectivity index (χ1) is 21.9. The van der Waals surface area contributed by atoms with Gasteiger partial charge in [0.25, 0.3) is 11.8 Å². The Labute approximate surface area is 259 Å². The number of rotatable bonds is 12. The quantitative estimate of drug-likeness (QED) is 0.164. The van der Waals surface area contributed by atoms with Crippen LogP contribution >= 0.6 is 0 Å². The summed E-state index contributed by atoms with van der Waals surface area (Å²) in [7, 11) is 0. The second kappa shape index (κ2) is 13.2. The molecule has 5 amide bonds. The summed E-state index contributed by atoms with van der Waals surface area (Å²) < 4.78 is 6.12. The van der Waals surface area contributed by atoms with Crippen LogP contribution in [0.25, 0.3) is 11.0 Å². The van der Waals surface area contributed by atoms with Gasteiger partial charge in [-0.2, -0.15) is 0 Å². The topological polar surface area (TPSA) is 151 Å². The fourth-order valence-corrected chi connectivity index (χ4v) is 5.95. The Bertz CT molecular complexity index is 1730. The predicted molar refractivity (Wildman–Crippen MR) is 164 cm³/mol. The normalized spacial score (nSPS) is 17.0. The molecule has 2 aromatic carbocycles. The molecule has 2 unspecified atom stereocenters. The second-order valence-corrected chi connectivity index (χ2v) is 11.2. The van der Waals surface area contributed by atoms with Crippen molar-refractivity contribution >= 4 is 40.5 Å². The first kappa shape index (κ1) is 29.9. The average molecular weight is 608 g/mol. The molecule has 2 aromatic heterocycles. The molecule has 1 fully saturated rings. The zero-order valence-electron chi connectivity index (χ0n) is 24.6. The molecule has 4 aromatic rings. The number of hydrogen-bond donors (Lipinski definition) is 3. The largest absolute Gasteiger partial charge is 0.459 e. The highest BCUT2D eigenvalue weighted by molar-refractivity contribution is 6.24. The van der Waals surface area contributed by atoms with Gasteiger partial charge in [-0.3, -0.25) is 39.2 Å². The average Bonchev–Trinajstić information content (AvgIpc) is 3.58. The van der Waals surface area contributed by atoms with Crippen LogP contribution in [0.15, 0.2) is 77.5 Å². The number of furan rings is 1. The molecule has 3 N–H and O–H groups in total. The van der Waals surface area contributed by atoms with Crippen LogP contribution in [0, 0.1) is 0 Å². The van der Waals surface area contributed by atoms with E-state index in [1.165, 1.54) is 0 Å². The predicted octanol–water partition coefficient (Wildman–Crippen LogP) is 3.44. The number of pyridine rings is 1. The molecule has 0 saturated carbocycles. The molecule has 11 heteroatoms. The Kier molecular flexibility index (Phi) is 8.79. The molecule has 45 heavy (non-hydrogen) atoms. The van der Waals surface area contributed by atoms with Crippen molar-refractivity contribution in [2.45, 2.75) is 50.6 Å². The van der Waals surface area contributed by atoms with Crippen LogP contribution in [0.5, 0.6) is 0 Å². The van der Waals surface area contributed by atoms with E-state index in [4.69, 9.17) is 4.42 Å². The fraction of sp³-hybridized carbons (Fsp3) is 0.294. The van der Waals surface area contributed by atoms with Crippen molar-refractivity contribution in [3.63, 3.8) is 0 Å². The number of unbranched alkanes of at least 4 members (excludes halogenated alkanes) is 1. The molecule has 1 saturated heterocycles. The first-order valence-electron chi connectivity index (χ1n) is 15.1. The van der Waals surface area contributed by atoms with E-state index in [-0.39, 0.29) is 35.9 Å². The van der Waals surface area contributed by atoms with Crippen molar-refractivity contribution in [3.05, 3.63) is 101 Å². The second-order valence-electron chi connectivity index (χ2n) is 11.2. The Hall–Kier alpha value is -5.16. The summed E-state index contributed by atoms with van der Waals surface area (Å²) in [6, 6.07) is 17.6. The van der Waals surface area contributed by atoms with Crippen LogP contribution in [-0.2, 0) is 20.8 Å². The Morgan fingerprint density at radius 2 is 1.87 bits per heavy atom. The lowest BCUT2D eigenvalue weighted by Gasteiger charge is -2.27. The third-order valence-corrected chi connectivity index (χ3v) is 8.20. The van der Waals surface area contributed by atoms with Crippen LogP contribution in [0.2, 0.25) is 0 Å². The minimum Gasteiger partial charge on any atom is -0.459 e. The number of hydrogen-bond acceptors (Lipinski definition) is 8. The van der Waals surface area contributed by atoms with Gasteiger partial charge >= 0.3 is 0 Å². The molecule has 0 bridgehead atoms. The highest BCUT2D eigenvalue weighted by Gasteiger charge is 2.45. The highest BCUT2D eigenvalue weighted by Crippen LogP contribution is 2.30. The third-order valence-electron chi connectivity index (χ3n) is 8.20. The minimum absolute atomic E-state index is 0.0607. The SMILES string of the molecule is O=C(CCCCNC(c1cccnc1)c1cc2ccccc2o1)NCCc1cccc2c1C(=O)N(C1CCC(=O)NC1=O)C2=O. The lowest BCUT2D eigenvalue weighted by Crippen LogP contribution is -2.54. The van der Waals surface area contributed by atoms with Crippen molar-refractivity contribution in [1.29, 1.82) is 0 Å². The van der Waals surface area contributed by atoms with Crippen molar-refractivity contribution < 1.29 is 28.4 Å². The van der Waals surface area contributed by atoms with Crippen molar-refractivity contribution in [2.75, 3.05) is 13.1 Å². The van der Waals surface area contributed by atoms with E-state index < -0.39 is 29.7 Å². The standard InChI is InChI=1S/C34H33N5O6/c40-28(12-3-4-17-37-31(23-9-6-16-35-20-23)27-19-22-7-1-2-11-26(22)45-27)36-18-15-21-8-5-10-24-30(21)34(44)39(33(24)43)25-13-14-29(41)38-32(25)42/h1-2,5-11,16,19-20,25,31,37H,3-4,12-15,17-18H2,(H,36,40)(H,38,41,42). The molecular weight excluding hydrogens is 574 g/mol. The minimum atomic E-state index is -1.02. The molecule has 2 aliphatic heterocycles. The summed E-state index contributed by atoms with van der Waals surface area (Å²) in [6.07, 6.45) is 5.84. The maximum atomic E-state index is 13.3. The van der Waals surface area contributed by atoms with E-state index in [1.807, 2.05) is 48.7 Å². The molecule has 0 aliphatic carbocycles. The molecular formula is C34H33N5O6. The smallest absolute Gasteiger partial charge is 0.262 e. The summed E-state index contributed by atoms with van der Waals surface area (Å²) in [5.74, 6) is -1.46. The molecule has 0 spiro atoms. The van der Waals surface area contributed by atoms with Crippen molar-refractivity contribution in [3.8, 4) is 0 Å². The summed E-state index contributed by atoms with van der Waals surface area (Å²) in [6.45, 7) is 0.961. The van der Waals surface area contributed by atoms with E-state index in [2.05, 4.69) is 20.9 Å². The number of carbonyl (C=O) groups excluding carboxylic acids is 5. The molecule has 6 rings (SSSR count). The van der Waals surface area contributed by atoms with E-state index in [9.17, 15) is 24.0 Å². The van der Waals surface area contributed by atoms with Gasteiger partial charge < -0.3 is 15.1 Å². The summed E-state index contributed by atoms with van der Waals surface area (Å²) >= 11 is 0. The number of nitrogens with zero attached hydrogens (tertiary/aromatic N) is 2. The lowest BCUT2D eigenvalue weighted by molar-refractivity contribution is -0.136. The number of aromatic nitrogens is 1. The summed E-state index contributed by atoms with van der Waals surface area (Å²) in [4.78, 5) is 68.0. The van der Waals surface area contributed by atoms with Crippen LogP contribution in [0.3, 0.4) is 0 Å². The van der Waals surface area contributed by atoms with Crippen LogP contribution in [-0.4, -0.2) is 58.6 Å². The summed E-state index contributed by atoms with van der Waals surface area (Å²) in [5.41, 5.74) is 2.91. The number of benzene rings is 2. The number of para-hydroxylation sites is 1. The van der Waals surface area contributed by atoms with Crippen LogP contribution < -0.4 is 16.0 Å². The van der Waals surface area contributed by atoms with Gasteiger partial charge in [-0.05, 0) is 67.6 Å². The third kappa shape index (κ3) is 6.39. The van der Waals surface area contributed by atoms with Gasteiger partial charge in [-0.1, -0.05) is 36.4 Å². The van der Waals surface area contributed by atoms with Gasteiger partial charge in [0.1, 0.15) is 17.4 Å². The Morgan fingerprint density at radius 3 is 2.67 bits per heavy atom. The molecule has 230 valence electrons. The number of nitrogens with one attached hydrogen (secondary N) is 3. The molecule has 11 nitrogen and oxygen atoms in total. The van der Waals surface area contributed by atoms with Gasteiger partial charge in [0, 0.05) is 37.2 Å². The maximum absolute atomic E-state index is 13.3. The number of carbonyl (C=O) groups is 5. The van der Waals surface area contributed by atoms with E-state index in [1.54, 1.807) is 24.4 Å². The number of imide groups is 2. The van der Waals surface area contributed by atoms with Gasteiger partial charge in [0.2, 0.25) is 17.7 Å². The van der Waals surface area contributed by atoms with Crippen LogP contribution in [0.1, 0.15) is 75.7 Å². The van der Waals surface area contributed by atoms with Gasteiger partial charge in [0.15, 0.2) is 0 Å². The monoisotopic (exact) mass is 607 g/mol. The van der Waals surface area contributed by atoms with Crippen molar-refractivity contribution in [2.24, 2.45) is 0 Å². The Balaban J connectivity index is 0.982. The summed E-state index contributed by atoms with van der Waals surface area (Å²) in [5, 5.41) is 9.69. The van der Waals surface area contributed by atoms with Gasteiger partial charge in [-0.25, -0.2) is 0 Å². The molecule has 4 heterocycles. The maximum Gasteiger partial charge on any atom is 0.262 e. The lowest BCUT2D eigenvalue weighted by atomic mass is 10.0. The Morgan fingerprint density at radius 1 is 1.00 bits per heavy atom.